The standard InChI is InChI=1S/C29H34N6O8/c30-19(14-25(37)38)26(39)34-23(13-17-15-32-20-9-5-4-8-18(17)20)28(41)35-22(12-16-6-2-1-3-7-16)27(40)33-21(29(42)43)10-11-24(31)36/h1-9,15,19,21-23,32H,10-14,30H2,(H2,31,36)(H,33,40)(H,34,39)(H,35,41)(H,37,38)(H,42,43). The first-order valence-electron chi connectivity index (χ1n) is 13.4. The Morgan fingerprint density at radius 3 is 1.98 bits per heavy atom. The van der Waals surface area contributed by atoms with Gasteiger partial charge in [-0.05, 0) is 23.6 Å². The van der Waals surface area contributed by atoms with Gasteiger partial charge in [0.25, 0.3) is 0 Å². The molecule has 228 valence electrons. The molecule has 0 radical (unpaired) electrons. The molecule has 0 saturated carbocycles. The summed E-state index contributed by atoms with van der Waals surface area (Å²) in [6.07, 6.45) is 0.364. The first-order chi connectivity index (χ1) is 20.4. The number of rotatable bonds is 16. The molecule has 0 aliphatic carbocycles. The van der Waals surface area contributed by atoms with Crippen LogP contribution in [0, 0.1) is 0 Å². The largest absolute Gasteiger partial charge is 0.481 e. The molecule has 3 aromatic rings. The van der Waals surface area contributed by atoms with Crippen LogP contribution < -0.4 is 27.4 Å². The second-order valence-corrected chi connectivity index (χ2v) is 9.98. The molecule has 0 bridgehead atoms. The zero-order chi connectivity index (χ0) is 31.5. The van der Waals surface area contributed by atoms with Crippen molar-refractivity contribution in [3.05, 3.63) is 71.9 Å². The zero-order valence-electron chi connectivity index (χ0n) is 23.1. The summed E-state index contributed by atoms with van der Waals surface area (Å²) in [5, 5.41) is 26.8. The number of carboxylic acids is 2. The lowest BCUT2D eigenvalue weighted by atomic mass is 10.0. The molecule has 0 aliphatic heterocycles. The quantitative estimate of drug-likeness (QED) is 0.107. The molecule has 3 rings (SSSR count). The van der Waals surface area contributed by atoms with Crippen LogP contribution >= 0.6 is 0 Å². The number of hydrogen-bond acceptors (Lipinski definition) is 7. The summed E-state index contributed by atoms with van der Waals surface area (Å²) in [5.74, 6) is -5.95. The molecular weight excluding hydrogens is 560 g/mol. The summed E-state index contributed by atoms with van der Waals surface area (Å²) in [4.78, 5) is 76.9. The van der Waals surface area contributed by atoms with Crippen molar-refractivity contribution in [3.8, 4) is 0 Å². The average molecular weight is 595 g/mol. The number of primary amides is 1. The second kappa shape index (κ2) is 15.1. The SMILES string of the molecule is NC(=O)CCC(NC(=O)C(Cc1ccccc1)NC(=O)C(Cc1c[nH]c2ccccc12)NC(=O)C(N)CC(=O)O)C(=O)O. The van der Waals surface area contributed by atoms with Gasteiger partial charge in [0.05, 0.1) is 12.5 Å². The van der Waals surface area contributed by atoms with E-state index < -0.39 is 66.2 Å². The third-order valence-corrected chi connectivity index (χ3v) is 6.67. The summed E-state index contributed by atoms with van der Waals surface area (Å²) in [7, 11) is 0. The molecule has 0 fully saturated rings. The molecule has 0 aliphatic rings. The number of carboxylic acid groups (broad SMARTS) is 2. The van der Waals surface area contributed by atoms with Gasteiger partial charge in [-0.15, -0.1) is 0 Å². The van der Waals surface area contributed by atoms with Gasteiger partial charge in [-0.25, -0.2) is 4.79 Å². The maximum absolute atomic E-state index is 13.7. The van der Waals surface area contributed by atoms with Gasteiger partial charge in [0.2, 0.25) is 23.6 Å². The lowest BCUT2D eigenvalue weighted by Crippen LogP contribution is -2.58. The van der Waals surface area contributed by atoms with Crippen molar-refractivity contribution >= 4 is 46.5 Å². The van der Waals surface area contributed by atoms with E-state index in [0.29, 0.717) is 11.1 Å². The van der Waals surface area contributed by atoms with Crippen LogP contribution in [-0.2, 0) is 41.6 Å². The van der Waals surface area contributed by atoms with Gasteiger partial charge >= 0.3 is 11.9 Å². The van der Waals surface area contributed by atoms with Crippen molar-refractivity contribution in [1.29, 1.82) is 0 Å². The van der Waals surface area contributed by atoms with E-state index in [-0.39, 0.29) is 25.7 Å². The van der Waals surface area contributed by atoms with E-state index in [1.165, 1.54) is 0 Å². The minimum atomic E-state index is -1.45. The fraction of sp³-hybridized carbons (Fsp3) is 0.310. The van der Waals surface area contributed by atoms with Gasteiger partial charge in [0, 0.05) is 36.4 Å². The summed E-state index contributed by atoms with van der Waals surface area (Å²) in [6.45, 7) is 0. The number of H-pyrrole nitrogens is 1. The normalized spacial score (nSPS) is 13.7. The molecule has 1 aromatic heterocycles. The number of nitrogens with two attached hydrogens (primary N) is 2. The molecule has 1 heterocycles. The Balaban J connectivity index is 1.89. The van der Waals surface area contributed by atoms with Gasteiger partial charge in [-0.3, -0.25) is 24.0 Å². The predicted molar refractivity (Wildman–Crippen MR) is 154 cm³/mol. The van der Waals surface area contributed by atoms with Crippen LogP contribution in [-0.4, -0.2) is 74.9 Å². The summed E-state index contributed by atoms with van der Waals surface area (Å²) in [5.41, 5.74) is 12.9. The summed E-state index contributed by atoms with van der Waals surface area (Å²) < 4.78 is 0. The highest BCUT2D eigenvalue weighted by atomic mass is 16.4. The monoisotopic (exact) mass is 594 g/mol. The van der Waals surface area contributed by atoms with E-state index >= 15 is 0 Å². The van der Waals surface area contributed by atoms with Gasteiger partial charge in [-0.2, -0.15) is 0 Å². The van der Waals surface area contributed by atoms with Crippen molar-refractivity contribution in [1.82, 2.24) is 20.9 Å². The number of benzene rings is 2. The minimum absolute atomic E-state index is 0.0349. The van der Waals surface area contributed by atoms with Crippen LogP contribution in [0.15, 0.2) is 60.8 Å². The summed E-state index contributed by atoms with van der Waals surface area (Å²) in [6, 6.07) is 10.4. The number of para-hydroxylation sites is 1. The van der Waals surface area contributed by atoms with E-state index in [1.54, 1.807) is 42.6 Å². The van der Waals surface area contributed by atoms with Crippen LogP contribution in [0.25, 0.3) is 10.9 Å². The van der Waals surface area contributed by atoms with E-state index in [1.807, 2.05) is 18.2 Å². The van der Waals surface area contributed by atoms with Crippen LogP contribution in [0.1, 0.15) is 30.4 Å². The lowest BCUT2D eigenvalue weighted by molar-refractivity contribution is -0.142. The minimum Gasteiger partial charge on any atom is -0.481 e. The molecule has 4 amide bonds. The molecule has 4 atom stereocenters. The molecule has 0 spiro atoms. The van der Waals surface area contributed by atoms with Crippen LogP contribution in [0.2, 0.25) is 0 Å². The highest BCUT2D eigenvalue weighted by Crippen LogP contribution is 2.19. The van der Waals surface area contributed by atoms with Gasteiger partial charge in [0.15, 0.2) is 0 Å². The molecule has 10 N–H and O–H groups in total. The Hall–Kier alpha value is -5.24. The first-order valence-corrected chi connectivity index (χ1v) is 13.4. The first kappa shape index (κ1) is 32.3. The molecular formula is C29H34N6O8. The third kappa shape index (κ3) is 9.67. The fourth-order valence-electron chi connectivity index (χ4n) is 4.44. The van der Waals surface area contributed by atoms with Crippen LogP contribution in [0.4, 0.5) is 0 Å². The maximum Gasteiger partial charge on any atom is 0.326 e. The van der Waals surface area contributed by atoms with Crippen molar-refractivity contribution < 1.29 is 39.0 Å². The van der Waals surface area contributed by atoms with Crippen molar-refractivity contribution in [2.45, 2.75) is 56.3 Å². The average Bonchev–Trinajstić information content (AvgIpc) is 3.36. The highest BCUT2D eigenvalue weighted by molar-refractivity contribution is 5.95. The Labute approximate surface area is 246 Å². The van der Waals surface area contributed by atoms with Crippen LogP contribution in [0.3, 0.4) is 0 Å². The molecule has 4 unspecified atom stereocenters. The number of carbonyl (C=O) groups excluding carboxylic acids is 4. The number of amides is 4. The Morgan fingerprint density at radius 2 is 1.35 bits per heavy atom. The van der Waals surface area contributed by atoms with Crippen molar-refractivity contribution in [2.75, 3.05) is 0 Å². The number of fused-ring (bicyclic) bond motifs is 1. The van der Waals surface area contributed by atoms with Crippen LogP contribution in [0.5, 0.6) is 0 Å². The topological polar surface area (TPSA) is 247 Å². The number of aromatic amines is 1. The Kier molecular flexibility index (Phi) is 11.3. The van der Waals surface area contributed by atoms with E-state index in [2.05, 4.69) is 20.9 Å². The molecule has 43 heavy (non-hydrogen) atoms. The maximum atomic E-state index is 13.7. The summed E-state index contributed by atoms with van der Waals surface area (Å²) >= 11 is 0. The molecule has 14 heteroatoms. The van der Waals surface area contributed by atoms with Gasteiger partial charge in [0.1, 0.15) is 18.1 Å². The third-order valence-electron chi connectivity index (χ3n) is 6.67. The second-order valence-electron chi connectivity index (χ2n) is 9.98. The Bertz CT molecular complexity index is 1470. The van der Waals surface area contributed by atoms with Crippen molar-refractivity contribution in [3.63, 3.8) is 0 Å². The number of hydrogen-bond donors (Lipinski definition) is 8. The van der Waals surface area contributed by atoms with E-state index in [9.17, 15) is 33.9 Å². The highest BCUT2D eigenvalue weighted by Gasteiger charge is 2.31. The zero-order valence-corrected chi connectivity index (χ0v) is 23.1. The van der Waals surface area contributed by atoms with Gasteiger partial charge in [-0.1, -0.05) is 48.5 Å². The smallest absolute Gasteiger partial charge is 0.326 e. The predicted octanol–water partition coefficient (Wildman–Crippen LogP) is -0.440. The number of aliphatic carboxylic acids is 2. The van der Waals surface area contributed by atoms with Crippen molar-refractivity contribution in [2.24, 2.45) is 11.5 Å². The Morgan fingerprint density at radius 1 is 0.767 bits per heavy atom. The molecule has 14 nitrogen and oxygen atoms in total. The fourth-order valence-corrected chi connectivity index (χ4v) is 4.44. The lowest BCUT2D eigenvalue weighted by Gasteiger charge is -2.25. The van der Waals surface area contributed by atoms with E-state index in [0.717, 1.165) is 10.9 Å². The number of aromatic nitrogens is 1. The number of nitrogens with one attached hydrogen (secondary N) is 4. The van der Waals surface area contributed by atoms with E-state index in [4.69, 9.17) is 16.6 Å². The number of carbonyl (C=O) groups is 6. The molecule has 0 saturated heterocycles. The van der Waals surface area contributed by atoms with Gasteiger partial charge < -0.3 is 42.6 Å². The molecule has 2 aromatic carbocycles.